The third-order valence-corrected chi connectivity index (χ3v) is 5.47. The average Bonchev–Trinajstić information content (AvgIpc) is 3.13. The summed E-state index contributed by atoms with van der Waals surface area (Å²) in [5, 5.41) is 22.8. The van der Waals surface area contributed by atoms with Crippen LogP contribution in [0.3, 0.4) is 0 Å². The number of carboxylic acids is 1. The molecule has 2 aromatic rings. The SMILES string of the molecule is CC(=O)N(C[C@H](NC(=O)OCc1ccccc1)C(=O)O)N1C(=O)N[C@H](Cc2ccc(C(=N)N)cc2)C1=O. The van der Waals surface area contributed by atoms with Crippen molar-refractivity contribution < 1.29 is 33.8 Å². The van der Waals surface area contributed by atoms with Crippen LogP contribution >= 0.6 is 0 Å². The Morgan fingerprint density at radius 1 is 1.14 bits per heavy atom. The summed E-state index contributed by atoms with van der Waals surface area (Å²) in [4.78, 5) is 61.9. The Balaban J connectivity index is 1.67. The van der Waals surface area contributed by atoms with Gasteiger partial charge < -0.3 is 26.2 Å². The number of nitrogens with two attached hydrogens (primary N) is 1. The fourth-order valence-electron chi connectivity index (χ4n) is 3.56. The molecule has 1 aliphatic heterocycles. The molecule has 0 aromatic heterocycles. The maximum absolute atomic E-state index is 13.0. The van der Waals surface area contributed by atoms with E-state index in [-0.39, 0.29) is 18.9 Å². The molecule has 3 rings (SSSR count). The smallest absolute Gasteiger partial charge is 0.408 e. The standard InChI is InChI=1S/C24H26N6O7/c1-14(31)29(12-19(22(33)34)28-24(36)37-13-16-5-3-2-4-6-16)30-21(32)18(27-23(30)35)11-15-7-9-17(10-8-15)20(25)26/h2-10,18-19H,11-13H2,1H3,(H3,25,26)(H,27,35)(H,28,36)(H,33,34)/t18-,19+/m1/s1. The van der Waals surface area contributed by atoms with Crippen LogP contribution < -0.4 is 16.4 Å². The number of hydrogen-bond acceptors (Lipinski definition) is 7. The van der Waals surface area contributed by atoms with Crippen LogP contribution in [0.25, 0.3) is 0 Å². The van der Waals surface area contributed by atoms with Crippen molar-refractivity contribution >= 4 is 35.7 Å². The van der Waals surface area contributed by atoms with Gasteiger partial charge in [-0.3, -0.25) is 15.0 Å². The Morgan fingerprint density at radius 3 is 2.35 bits per heavy atom. The molecule has 13 heteroatoms. The van der Waals surface area contributed by atoms with Crippen molar-refractivity contribution in [2.75, 3.05) is 6.54 Å². The number of aliphatic carboxylic acids is 1. The van der Waals surface area contributed by atoms with Crippen molar-refractivity contribution in [1.82, 2.24) is 20.7 Å². The molecule has 5 amide bonds. The predicted octanol–water partition coefficient (Wildman–Crippen LogP) is 0.577. The normalized spacial score (nSPS) is 15.5. The number of nitrogen functional groups attached to an aromatic ring is 1. The second kappa shape index (κ2) is 11.7. The van der Waals surface area contributed by atoms with E-state index in [1.807, 2.05) is 0 Å². The zero-order valence-corrected chi connectivity index (χ0v) is 19.8. The van der Waals surface area contributed by atoms with Gasteiger partial charge in [0, 0.05) is 18.9 Å². The van der Waals surface area contributed by atoms with Crippen molar-refractivity contribution in [1.29, 1.82) is 5.41 Å². The fourth-order valence-corrected chi connectivity index (χ4v) is 3.56. The van der Waals surface area contributed by atoms with Gasteiger partial charge in [-0.1, -0.05) is 54.6 Å². The Labute approximate surface area is 211 Å². The largest absolute Gasteiger partial charge is 0.480 e. The highest BCUT2D eigenvalue weighted by atomic mass is 16.5. The third-order valence-electron chi connectivity index (χ3n) is 5.47. The minimum absolute atomic E-state index is 0.0808. The quantitative estimate of drug-likeness (QED) is 0.174. The number of benzene rings is 2. The number of hydrogen-bond donors (Lipinski definition) is 5. The van der Waals surface area contributed by atoms with Gasteiger partial charge >= 0.3 is 18.1 Å². The Hall–Kier alpha value is -4.94. The Morgan fingerprint density at radius 2 is 1.78 bits per heavy atom. The molecule has 2 aromatic carbocycles. The third kappa shape index (κ3) is 6.81. The Bertz CT molecular complexity index is 1200. The van der Waals surface area contributed by atoms with Crippen molar-refractivity contribution in [3.63, 3.8) is 0 Å². The molecular weight excluding hydrogens is 484 g/mol. The van der Waals surface area contributed by atoms with Crippen LogP contribution in [0.5, 0.6) is 0 Å². The van der Waals surface area contributed by atoms with E-state index in [2.05, 4.69) is 10.6 Å². The summed E-state index contributed by atoms with van der Waals surface area (Å²) in [5.74, 6) is -3.19. The number of rotatable bonds is 10. The monoisotopic (exact) mass is 510 g/mol. The van der Waals surface area contributed by atoms with E-state index < -0.39 is 48.5 Å². The second-order valence-electron chi connectivity index (χ2n) is 8.16. The second-order valence-corrected chi connectivity index (χ2v) is 8.16. The van der Waals surface area contributed by atoms with Gasteiger partial charge in [0.15, 0.2) is 0 Å². The van der Waals surface area contributed by atoms with Crippen molar-refractivity contribution in [2.45, 2.75) is 32.0 Å². The molecule has 37 heavy (non-hydrogen) atoms. The predicted molar refractivity (Wildman–Crippen MR) is 129 cm³/mol. The van der Waals surface area contributed by atoms with Gasteiger partial charge in [0.25, 0.3) is 5.91 Å². The molecule has 0 saturated carbocycles. The van der Waals surface area contributed by atoms with Crippen LogP contribution in [0.4, 0.5) is 9.59 Å². The summed E-state index contributed by atoms with van der Waals surface area (Å²) in [6.07, 6.45) is -0.971. The van der Waals surface area contributed by atoms with E-state index in [9.17, 15) is 29.1 Å². The number of alkyl carbamates (subject to hydrolysis) is 1. The number of amides is 5. The zero-order valence-electron chi connectivity index (χ0n) is 19.8. The van der Waals surface area contributed by atoms with Gasteiger partial charge in [-0.2, -0.15) is 5.01 Å². The van der Waals surface area contributed by atoms with Gasteiger partial charge in [-0.15, -0.1) is 0 Å². The first kappa shape index (κ1) is 26.7. The molecule has 2 atom stereocenters. The van der Waals surface area contributed by atoms with E-state index >= 15 is 0 Å². The first-order chi connectivity index (χ1) is 17.6. The molecule has 0 aliphatic carbocycles. The van der Waals surface area contributed by atoms with Crippen LogP contribution in [0.1, 0.15) is 23.6 Å². The maximum atomic E-state index is 13.0. The fraction of sp³-hybridized carbons (Fsp3) is 0.250. The van der Waals surface area contributed by atoms with Crippen LogP contribution in [0.2, 0.25) is 0 Å². The first-order valence-electron chi connectivity index (χ1n) is 11.1. The molecule has 0 unspecified atom stereocenters. The minimum atomic E-state index is -1.68. The molecule has 1 fully saturated rings. The number of ether oxygens (including phenoxy) is 1. The highest BCUT2D eigenvalue weighted by Gasteiger charge is 2.44. The maximum Gasteiger partial charge on any atom is 0.408 e. The van der Waals surface area contributed by atoms with Gasteiger partial charge in [0.1, 0.15) is 24.5 Å². The van der Waals surface area contributed by atoms with Crippen molar-refractivity contribution in [3.05, 3.63) is 71.3 Å². The van der Waals surface area contributed by atoms with Gasteiger partial charge in [-0.05, 0) is 11.1 Å². The topological polar surface area (TPSA) is 195 Å². The lowest BCUT2D eigenvalue weighted by molar-refractivity contribution is -0.156. The lowest BCUT2D eigenvalue weighted by atomic mass is 10.0. The van der Waals surface area contributed by atoms with Crippen LogP contribution in [0.15, 0.2) is 54.6 Å². The van der Waals surface area contributed by atoms with E-state index in [0.717, 1.165) is 6.92 Å². The van der Waals surface area contributed by atoms with Crippen LogP contribution in [0, 0.1) is 5.41 Å². The average molecular weight is 511 g/mol. The van der Waals surface area contributed by atoms with E-state index in [1.165, 1.54) is 0 Å². The molecule has 194 valence electrons. The van der Waals surface area contributed by atoms with Gasteiger partial charge in [0.2, 0.25) is 5.91 Å². The number of amidine groups is 1. The molecule has 13 nitrogen and oxygen atoms in total. The molecule has 6 N–H and O–H groups in total. The summed E-state index contributed by atoms with van der Waals surface area (Å²) < 4.78 is 5.03. The number of urea groups is 1. The number of nitrogens with one attached hydrogen (secondary N) is 3. The Kier molecular flexibility index (Phi) is 8.40. The molecule has 1 saturated heterocycles. The number of hydrazine groups is 1. The van der Waals surface area contributed by atoms with E-state index in [4.69, 9.17) is 15.9 Å². The van der Waals surface area contributed by atoms with Crippen molar-refractivity contribution in [2.24, 2.45) is 5.73 Å². The summed E-state index contributed by atoms with van der Waals surface area (Å²) in [7, 11) is 0. The van der Waals surface area contributed by atoms with Gasteiger partial charge in [0.05, 0.1) is 6.54 Å². The number of carbonyl (C=O) groups is 5. The molecular formula is C24H26N6O7. The summed E-state index contributed by atoms with van der Waals surface area (Å²) in [6, 6.07) is 11.6. The minimum Gasteiger partial charge on any atom is -0.480 e. The molecule has 1 heterocycles. The molecule has 0 radical (unpaired) electrons. The van der Waals surface area contributed by atoms with Gasteiger partial charge in [-0.25, -0.2) is 19.4 Å². The summed E-state index contributed by atoms with van der Waals surface area (Å²) in [6.45, 7) is 0.239. The first-order valence-corrected chi connectivity index (χ1v) is 11.1. The number of carbonyl (C=O) groups excluding carboxylic acids is 4. The molecule has 1 aliphatic rings. The molecule has 0 bridgehead atoms. The van der Waals surface area contributed by atoms with E-state index in [1.54, 1.807) is 54.6 Å². The van der Waals surface area contributed by atoms with Crippen LogP contribution in [-0.2, 0) is 32.1 Å². The number of imide groups is 1. The lowest BCUT2D eigenvalue weighted by Gasteiger charge is -2.30. The van der Waals surface area contributed by atoms with E-state index in [0.29, 0.717) is 26.7 Å². The highest BCUT2D eigenvalue weighted by molar-refractivity contribution is 6.05. The number of carboxylic acid groups (broad SMARTS) is 1. The van der Waals surface area contributed by atoms with Crippen molar-refractivity contribution in [3.8, 4) is 0 Å². The number of nitrogens with zero attached hydrogens (tertiary/aromatic N) is 2. The molecule has 0 spiro atoms. The zero-order chi connectivity index (χ0) is 27.1. The highest BCUT2D eigenvalue weighted by Crippen LogP contribution is 2.16. The summed E-state index contributed by atoms with van der Waals surface area (Å²) in [5.41, 5.74) is 7.26. The summed E-state index contributed by atoms with van der Waals surface area (Å²) >= 11 is 0. The van der Waals surface area contributed by atoms with Crippen LogP contribution in [-0.4, -0.2) is 69.5 Å². The lowest BCUT2D eigenvalue weighted by Crippen LogP contribution is -2.57.